The number of rotatable bonds is 4. The smallest absolute Gasteiger partial charge is 0.410 e. The Morgan fingerprint density at radius 1 is 1.17 bits per heavy atom. The molecule has 156 valence electrons. The summed E-state index contributed by atoms with van der Waals surface area (Å²) in [6, 6.07) is 7.25. The lowest BCUT2D eigenvalue weighted by atomic mass is 10.0. The minimum absolute atomic E-state index is 0.151. The summed E-state index contributed by atoms with van der Waals surface area (Å²) in [5.74, 6) is 0.291. The molecule has 2 aromatic rings. The molecule has 0 aliphatic carbocycles. The summed E-state index contributed by atoms with van der Waals surface area (Å²) < 4.78 is 12.5. The van der Waals surface area contributed by atoms with Gasteiger partial charge in [0.15, 0.2) is 0 Å². The predicted octanol–water partition coefficient (Wildman–Crippen LogP) is 3.72. The van der Waals surface area contributed by atoms with Gasteiger partial charge < -0.3 is 24.3 Å². The van der Waals surface area contributed by atoms with Gasteiger partial charge >= 0.3 is 6.09 Å². The van der Waals surface area contributed by atoms with Crippen LogP contribution < -0.4 is 10.1 Å². The Morgan fingerprint density at radius 3 is 2.48 bits per heavy atom. The van der Waals surface area contributed by atoms with E-state index in [0.717, 1.165) is 12.8 Å². The number of anilines is 1. The van der Waals surface area contributed by atoms with Gasteiger partial charge in [0.1, 0.15) is 11.3 Å². The number of amides is 2. The molecule has 1 saturated heterocycles. The van der Waals surface area contributed by atoms with Crippen LogP contribution in [0, 0.1) is 0 Å². The van der Waals surface area contributed by atoms with Crippen molar-refractivity contribution in [2.24, 2.45) is 0 Å². The quantitative estimate of drug-likeness (QED) is 0.845. The van der Waals surface area contributed by atoms with Crippen molar-refractivity contribution >= 4 is 17.7 Å². The van der Waals surface area contributed by atoms with Crippen LogP contribution in [0.2, 0.25) is 0 Å². The molecule has 0 atom stereocenters. The summed E-state index contributed by atoms with van der Waals surface area (Å²) in [4.78, 5) is 30.8. The fourth-order valence-electron chi connectivity index (χ4n) is 3.33. The minimum Gasteiger partial charge on any atom is -0.481 e. The maximum atomic E-state index is 12.7. The SMILES string of the molecule is COc1ccc(NC(=O)c2cccn2C2CCN(C(=O)OC(C)(C)C)CC2)cn1. The van der Waals surface area contributed by atoms with Crippen molar-refractivity contribution < 1.29 is 19.1 Å². The molecule has 1 N–H and O–H groups in total. The first-order valence-corrected chi connectivity index (χ1v) is 9.73. The molecule has 0 saturated carbocycles. The van der Waals surface area contributed by atoms with Gasteiger partial charge in [-0.05, 0) is 51.8 Å². The van der Waals surface area contributed by atoms with Crippen molar-refractivity contribution in [1.29, 1.82) is 0 Å². The maximum Gasteiger partial charge on any atom is 0.410 e. The fourth-order valence-corrected chi connectivity index (χ4v) is 3.33. The number of piperidine rings is 1. The Morgan fingerprint density at radius 2 is 1.90 bits per heavy atom. The number of likely N-dealkylation sites (tertiary alicyclic amines) is 1. The number of carbonyl (C=O) groups is 2. The Kier molecular flexibility index (Phi) is 6.10. The van der Waals surface area contributed by atoms with Crippen LogP contribution in [-0.2, 0) is 4.74 Å². The largest absolute Gasteiger partial charge is 0.481 e. The summed E-state index contributed by atoms with van der Waals surface area (Å²) in [5, 5.41) is 2.87. The highest BCUT2D eigenvalue weighted by Gasteiger charge is 2.28. The van der Waals surface area contributed by atoms with Crippen molar-refractivity contribution in [3.63, 3.8) is 0 Å². The standard InChI is InChI=1S/C21H28N4O4/c1-21(2,3)29-20(27)24-12-9-16(10-13-24)25-11-5-6-17(25)19(26)23-15-7-8-18(28-4)22-14-15/h5-8,11,14,16H,9-10,12-13H2,1-4H3,(H,23,26). The van der Waals surface area contributed by atoms with E-state index in [9.17, 15) is 9.59 Å². The van der Waals surface area contributed by atoms with Gasteiger partial charge in [-0.1, -0.05) is 0 Å². The summed E-state index contributed by atoms with van der Waals surface area (Å²) >= 11 is 0. The van der Waals surface area contributed by atoms with Gasteiger partial charge in [0.2, 0.25) is 5.88 Å². The molecule has 0 bridgehead atoms. The molecule has 1 aliphatic heterocycles. The Bertz CT molecular complexity index is 846. The zero-order valence-corrected chi connectivity index (χ0v) is 17.3. The third-order valence-corrected chi connectivity index (χ3v) is 4.72. The van der Waals surface area contributed by atoms with E-state index >= 15 is 0 Å². The number of hydrogen-bond acceptors (Lipinski definition) is 5. The molecular formula is C21H28N4O4. The van der Waals surface area contributed by atoms with Crippen LogP contribution in [-0.4, -0.2) is 52.3 Å². The molecule has 0 spiro atoms. The molecule has 2 amide bonds. The first-order chi connectivity index (χ1) is 13.8. The fraction of sp³-hybridized carbons (Fsp3) is 0.476. The van der Waals surface area contributed by atoms with Crippen molar-refractivity contribution in [3.8, 4) is 5.88 Å². The average Bonchev–Trinajstić information content (AvgIpc) is 3.17. The minimum atomic E-state index is -0.504. The lowest BCUT2D eigenvalue weighted by Crippen LogP contribution is -2.42. The molecule has 0 unspecified atom stereocenters. The Balaban J connectivity index is 1.61. The monoisotopic (exact) mass is 400 g/mol. The van der Waals surface area contributed by atoms with Crippen LogP contribution in [0.1, 0.15) is 50.1 Å². The van der Waals surface area contributed by atoms with Crippen molar-refractivity contribution in [1.82, 2.24) is 14.5 Å². The Labute approximate surface area is 170 Å². The zero-order chi connectivity index (χ0) is 21.0. The number of nitrogens with one attached hydrogen (secondary N) is 1. The number of methoxy groups -OCH3 is 1. The van der Waals surface area contributed by atoms with E-state index in [1.165, 1.54) is 0 Å². The first-order valence-electron chi connectivity index (χ1n) is 9.73. The number of pyridine rings is 1. The summed E-state index contributed by atoms with van der Waals surface area (Å²) in [5.41, 5.74) is 0.676. The number of ether oxygens (including phenoxy) is 2. The lowest BCUT2D eigenvalue weighted by Gasteiger charge is -2.34. The van der Waals surface area contributed by atoms with Crippen molar-refractivity contribution in [2.75, 3.05) is 25.5 Å². The Hall–Kier alpha value is -3.03. The van der Waals surface area contributed by atoms with E-state index < -0.39 is 5.60 Å². The molecule has 1 aliphatic rings. The van der Waals surface area contributed by atoms with Gasteiger partial charge in [-0.3, -0.25) is 4.79 Å². The van der Waals surface area contributed by atoms with E-state index in [1.807, 2.05) is 37.6 Å². The molecule has 29 heavy (non-hydrogen) atoms. The molecule has 2 aromatic heterocycles. The molecule has 8 heteroatoms. The highest BCUT2D eigenvalue weighted by Crippen LogP contribution is 2.26. The van der Waals surface area contributed by atoms with Crippen LogP contribution in [0.4, 0.5) is 10.5 Å². The van der Waals surface area contributed by atoms with Gasteiger partial charge in [0, 0.05) is 31.4 Å². The maximum absolute atomic E-state index is 12.7. The molecular weight excluding hydrogens is 372 g/mol. The van der Waals surface area contributed by atoms with E-state index in [4.69, 9.17) is 9.47 Å². The molecule has 3 rings (SSSR count). The van der Waals surface area contributed by atoms with Gasteiger partial charge in [0.25, 0.3) is 5.91 Å². The van der Waals surface area contributed by atoms with Gasteiger partial charge in [-0.25, -0.2) is 9.78 Å². The van der Waals surface area contributed by atoms with Crippen molar-refractivity contribution in [3.05, 3.63) is 42.4 Å². The lowest BCUT2D eigenvalue weighted by molar-refractivity contribution is 0.0187. The van der Waals surface area contributed by atoms with E-state index in [2.05, 4.69) is 10.3 Å². The topological polar surface area (TPSA) is 85.7 Å². The van der Waals surface area contributed by atoms with Crippen LogP contribution in [0.25, 0.3) is 0 Å². The molecule has 1 fully saturated rings. The second-order valence-corrected chi connectivity index (χ2v) is 8.04. The molecule has 8 nitrogen and oxygen atoms in total. The summed E-state index contributed by atoms with van der Waals surface area (Å²) in [6.45, 7) is 6.78. The number of aromatic nitrogens is 2. The van der Waals surface area contributed by atoms with E-state index in [0.29, 0.717) is 30.4 Å². The van der Waals surface area contributed by atoms with Crippen molar-refractivity contribution in [2.45, 2.75) is 45.3 Å². The van der Waals surface area contributed by atoms with Gasteiger partial charge in [-0.15, -0.1) is 0 Å². The normalized spacial score (nSPS) is 15.1. The molecule has 0 aromatic carbocycles. The van der Waals surface area contributed by atoms with Crippen LogP contribution in [0.15, 0.2) is 36.7 Å². The second-order valence-electron chi connectivity index (χ2n) is 8.04. The number of hydrogen-bond donors (Lipinski definition) is 1. The van der Waals surface area contributed by atoms with Crippen LogP contribution in [0.3, 0.4) is 0 Å². The average molecular weight is 400 g/mol. The summed E-state index contributed by atoms with van der Waals surface area (Å²) in [7, 11) is 1.54. The molecule has 0 radical (unpaired) electrons. The predicted molar refractivity (Wildman–Crippen MR) is 109 cm³/mol. The highest BCUT2D eigenvalue weighted by atomic mass is 16.6. The third kappa shape index (κ3) is 5.28. The van der Waals surface area contributed by atoms with E-state index in [-0.39, 0.29) is 18.0 Å². The van der Waals surface area contributed by atoms with E-state index in [1.54, 1.807) is 36.4 Å². The second kappa shape index (κ2) is 8.55. The van der Waals surface area contributed by atoms with Crippen LogP contribution in [0.5, 0.6) is 5.88 Å². The van der Waals surface area contributed by atoms with Crippen LogP contribution >= 0.6 is 0 Å². The number of nitrogens with zero attached hydrogens (tertiary/aromatic N) is 3. The van der Waals surface area contributed by atoms with Gasteiger partial charge in [0.05, 0.1) is 19.0 Å². The first kappa shape index (κ1) is 20.7. The zero-order valence-electron chi connectivity index (χ0n) is 17.3. The molecule has 3 heterocycles. The number of carbonyl (C=O) groups excluding carboxylic acids is 2. The highest BCUT2D eigenvalue weighted by molar-refractivity contribution is 6.03. The third-order valence-electron chi connectivity index (χ3n) is 4.72. The van der Waals surface area contributed by atoms with Gasteiger partial charge in [-0.2, -0.15) is 0 Å². The summed E-state index contributed by atoms with van der Waals surface area (Å²) in [6.07, 6.45) is 4.71.